The van der Waals surface area contributed by atoms with Crippen molar-refractivity contribution < 1.29 is 9.72 Å². The molecule has 3 rings (SSSR count). The molecule has 26 heavy (non-hydrogen) atoms. The predicted octanol–water partition coefficient (Wildman–Crippen LogP) is 3.93. The van der Waals surface area contributed by atoms with Crippen molar-refractivity contribution in [2.45, 2.75) is 45.1 Å². The molecule has 0 bridgehead atoms. The Morgan fingerprint density at radius 2 is 1.85 bits per heavy atom. The summed E-state index contributed by atoms with van der Waals surface area (Å²) in [6.45, 7) is 2.83. The van der Waals surface area contributed by atoms with E-state index < -0.39 is 4.92 Å². The average Bonchev–Trinajstić information content (AvgIpc) is 2.66. The van der Waals surface area contributed by atoms with Crippen molar-refractivity contribution in [3.8, 4) is 0 Å². The van der Waals surface area contributed by atoms with Crippen molar-refractivity contribution in [1.29, 1.82) is 0 Å². The highest BCUT2D eigenvalue weighted by Gasteiger charge is 2.27. The number of carbonyl (C=O) groups is 1. The van der Waals surface area contributed by atoms with E-state index >= 15 is 0 Å². The molecule has 5 nitrogen and oxygen atoms in total. The van der Waals surface area contributed by atoms with Gasteiger partial charge in [0.15, 0.2) is 0 Å². The number of benzene rings is 2. The van der Waals surface area contributed by atoms with Crippen LogP contribution in [0.4, 0.5) is 5.69 Å². The fraction of sp³-hybridized carbons (Fsp3) is 0.381. The molecule has 2 aromatic rings. The number of fused-ring (bicyclic) bond motifs is 1. The minimum Gasteiger partial charge on any atom is -0.339 e. The second-order valence-corrected chi connectivity index (χ2v) is 6.85. The van der Waals surface area contributed by atoms with Crippen LogP contribution in [0, 0.1) is 10.1 Å². The lowest BCUT2D eigenvalue weighted by Crippen LogP contribution is -2.44. The smallest absolute Gasteiger partial charge is 0.269 e. The summed E-state index contributed by atoms with van der Waals surface area (Å²) in [5.41, 5.74) is 3.60. The molecule has 1 aliphatic rings. The maximum absolute atomic E-state index is 12.9. The first-order chi connectivity index (χ1) is 12.6. The van der Waals surface area contributed by atoms with E-state index in [9.17, 15) is 14.9 Å². The van der Waals surface area contributed by atoms with Crippen molar-refractivity contribution in [2.75, 3.05) is 6.54 Å². The normalized spacial score (nSPS) is 16.0. The number of hydrogen-bond acceptors (Lipinski definition) is 3. The van der Waals surface area contributed by atoms with Gasteiger partial charge in [0.25, 0.3) is 5.69 Å². The molecule has 1 amide bonds. The highest BCUT2D eigenvalue weighted by molar-refractivity contribution is 5.79. The molecule has 0 saturated heterocycles. The van der Waals surface area contributed by atoms with Crippen molar-refractivity contribution in [3.63, 3.8) is 0 Å². The van der Waals surface area contributed by atoms with E-state index in [4.69, 9.17) is 0 Å². The third-order valence-electron chi connectivity index (χ3n) is 5.05. The number of nitro benzene ring substituents is 1. The summed E-state index contributed by atoms with van der Waals surface area (Å²) in [5.74, 6) is 0.102. The van der Waals surface area contributed by atoms with Crippen LogP contribution in [0.25, 0.3) is 0 Å². The molecule has 5 heteroatoms. The van der Waals surface area contributed by atoms with Crippen molar-refractivity contribution in [1.82, 2.24) is 4.90 Å². The van der Waals surface area contributed by atoms with Gasteiger partial charge >= 0.3 is 0 Å². The van der Waals surface area contributed by atoms with Crippen LogP contribution in [0.15, 0.2) is 48.5 Å². The van der Waals surface area contributed by atoms with Gasteiger partial charge in [0.1, 0.15) is 0 Å². The first-order valence-electron chi connectivity index (χ1n) is 9.18. The molecule has 0 N–H and O–H groups in total. The summed E-state index contributed by atoms with van der Waals surface area (Å²) < 4.78 is 0. The summed E-state index contributed by atoms with van der Waals surface area (Å²) in [6.07, 6.45) is 4.11. The monoisotopic (exact) mass is 352 g/mol. The molecule has 0 aliphatic heterocycles. The van der Waals surface area contributed by atoms with Crippen molar-refractivity contribution >= 4 is 11.6 Å². The van der Waals surface area contributed by atoms with Gasteiger partial charge in [-0.3, -0.25) is 14.9 Å². The zero-order valence-electron chi connectivity index (χ0n) is 15.1. The lowest BCUT2D eigenvalue weighted by Gasteiger charge is -2.35. The largest absolute Gasteiger partial charge is 0.339 e. The minimum absolute atomic E-state index is 0.0514. The predicted molar refractivity (Wildman–Crippen MR) is 101 cm³/mol. The van der Waals surface area contributed by atoms with Crippen LogP contribution in [0.5, 0.6) is 0 Å². The van der Waals surface area contributed by atoms with E-state index in [1.54, 1.807) is 12.1 Å². The summed E-state index contributed by atoms with van der Waals surface area (Å²) >= 11 is 0. The van der Waals surface area contributed by atoms with E-state index in [2.05, 4.69) is 31.2 Å². The number of hydrogen-bond donors (Lipinski definition) is 0. The van der Waals surface area contributed by atoms with Gasteiger partial charge in [-0.25, -0.2) is 0 Å². The second-order valence-electron chi connectivity index (χ2n) is 6.85. The highest BCUT2D eigenvalue weighted by atomic mass is 16.6. The van der Waals surface area contributed by atoms with Crippen LogP contribution in [-0.4, -0.2) is 28.3 Å². The molecule has 1 atom stereocenters. The van der Waals surface area contributed by atoms with E-state index in [0.29, 0.717) is 0 Å². The lowest BCUT2D eigenvalue weighted by atomic mass is 9.87. The van der Waals surface area contributed by atoms with Crippen molar-refractivity contribution in [2.24, 2.45) is 0 Å². The molecule has 0 radical (unpaired) electrons. The second kappa shape index (κ2) is 8.13. The molecule has 136 valence electrons. The maximum atomic E-state index is 12.9. The molecule has 2 aromatic carbocycles. The molecule has 0 heterocycles. The van der Waals surface area contributed by atoms with Gasteiger partial charge in [0, 0.05) is 24.7 Å². The van der Waals surface area contributed by atoms with Gasteiger partial charge in [0.05, 0.1) is 11.3 Å². The zero-order chi connectivity index (χ0) is 18.5. The van der Waals surface area contributed by atoms with Gasteiger partial charge in [-0.1, -0.05) is 43.3 Å². The first-order valence-corrected chi connectivity index (χ1v) is 9.18. The fourth-order valence-electron chi connectivity index (χ4n) is 3.71. The Balaban J connectivity index is 1.71. The summed E-state index contributed by atoms with van der Waals surface area (Å²) in [4.78, 5) is 25.3. The van der Waals surface area contributed by atoms with Crippen LogP contribution >= 0.6 is 0 Å². The quantitative estimate of drug-likeness (QED) is 0.584. The molecule has 0 saturated carbocycles. The minimum atomic E-state index is -0.422. The Labute approximate surface area is 153 Å². The van der Waals surface area contributed by atoms with Crippen LogP contribution in [0.2, 0.25) is 0 Å². The molecule has 0 aromatic heterocycles. The number of nitro groups is 1. The van der Waals surface area contributed by atoms with E-state index in [1.165, 1.54) is 23.3 Å². The van der Waals surface area contributed by atoms with Crippen molar-refractivity contribution in [3.05, 3.63) is 75.3 Å². The van der Waals surface area contributed by atoms with Crippen LogP contribution in [-0.2, 0) is 24.1 Å². The van der Waals surface area contributed by atoms with Crippen LogP contribution < -0.4 is 0 Å². The van der Waals surface area contributed by atoms with E-state index in [0.717, 1.165) is 37.8 Å². The highest BCUT2D eigenvalue weighted by Crippen LogP contribution is 2.25. The number of non-ortho nitro benzene ring substituents is 1. The molecular formula is C21H24N2O3. The standard InChI is InChI=1S/C21H24N2O3/c1-2-13-22(20-12-9-17-5-3-4-6-18(17)15-20)21(24)14-16-7-10-19(11-8-16)23(25)26/h3-8,10-11,20H,2,9,12-15H2,1H3. The third kappa shape index (κ3) is 4.10. The average molecular weight is 352 g/mol. The lowest BCUT2D eigenvalue weighted by molar-refractivity contribution is -0.384. The number of amides is 1. The summed E-state index contributed by atoms with van der Waals surface area (Å²) in [6, 6.07) is 15.0. The Hall–Kier alpha value is -2.69. The molecule has 0 spiro atoms. The summed E-state index contributed by atoms with van der Waals surface area (Å²) in [5, 5.41) is 10.8. The van der Waals surface area contributed by atoms with E-state index in [-0.39, 0.29) is 24.1 Å². The molecule has 0 fully saturated rings. The topological polar surface area (TPSA) is 63.5 Å². The van der Waals surface area contributed by atoms with Gasteiger partial charge in [0.2, 0.25) is 5.91 Å². The Bertz CT molecular complexity index is 786. The van der Waals surface area contributed by atoms with E-state index in [1.807, 2.05) is 4.90 Å². The van der Waals surface area contributed by atoms with Gasteiger partial charge in [-0.15, -0.1) is 0 Å². The SMILES string of the molecule is CCCN(C(=O)Cc1ccc([N+](=O)[O-])cc1)C1CCc2ccccc2C1. The number of aryl methyl sites for hydroxylation is 1. The molecule has 1 aliphatic carbocycles. The Morgan fingerprint density at radius 3 is 2.50 bits per heavy atom. The van der Waals surface area contributed by atoms with Crippen LogP contribution in [0.3, 0.4) is 0 Å². The van der Waals surface area contributed by atoms with Crippen LogP contribution in [0.1, 0.15) is 36.5 Å². The first kappa shape index (κ1) is 18.1. The number of carbonyl (C=O) groups excluding carboxylic acids is 1. The molecule has 1 unspecified atom stereocenters. The fourth-order valence-corrected chi connectivity index (χ4v) is 3.71. The molecular weight excluding hydrogens is 328 g/mol. The van der Waals surface area contributed by atoms with Gasteiger partial charge in [-0.2, -0.15) is 0 Å². The summed E-state index contributed by atoms with van der Waals surface area (Å²) in [7, 11) is 0. The Kier molecular flexibility index (Phi) is 5.66. The third-order valence-corrected chi connectivity index (χ3v) is 5.05. The van der Waals surface area contributed by atoms with Gasteiger partial charge < -0.3 is 4.90 Å². The number of nitrogens with zero attached hydrogens (tertiary/aromatic N) is 2. The Morgan fingerprint density at radius 1 is 1.15 bits per heavy atom. The maximum Gasteiger partial charge on any atom is 0.269 e. The van der Waals surface area contributed by atoms with Gasteiger partial charge in [-0.05, 0) is 42.4 Å². The zero-order valence-corrected chi connectivity index (χ0v) is 15.1. The number of rotatable bonds is 6.